The molecular weight excluding hydrogens is 212 g/mol. The Morgan fingerprint density at radius 1 is 1.18 bits per heavy atom. The van der Waals surface area contributed by atoms with Crippen LogP contribution >= 0.6 is 0 Å². The Morgan fingerprint density at radius 3 is 2.82 bits per heavy atom. The van der Waals surface area contributed by atoms with Gasteiger partial charge in [-0.15, -0.1) is 0 Å². The SMILES string of the molecule is c1cncc(-c2nccnc2NCC2CC2)c1. The van der Waals surface area contributed by atoms with E-state index < -0.39 is 0 Å². The highest BCUT2D eigenvalue weighted by Crippen LogP contribution is 2.30. The topological polar surface area (TPSA) is 50.7 Å². The van der Waals surface area contributed by atoms with E-state index in [-0.39, 0.29) is 0 Å². The lowest BCUT2D eigenvalue weighted by atomic mass is 10.2. The maximum absolute atomic E-state index is 4.38. The zero-order chi connectivity index (χ0) is 11.5. The highest BCUT2D eigenvalue weighted by atomic mass is 15.0. The summed E-state index contributed by atoms with van der Waals surface area (Å²) in [5.41, 5.74) is 1.88. The Labute approximate surface area is 100 Å². The maximum atomic E-state index is 4.38. The van der Waals surface area contributed by atoms with Gasteiger partial charge in [-0.3, -0.25) is 9.97 Å². The molecule has 0 spiro atoms. The van der Waals surface area contributed by atoms with E-state index in [0.29, 0.717) is 0 Å². The van der Waals surface area contributed by atoms with Crippen molar-refractivity contribution in [2.75, 3.05) is 11.9 Å². The molecule has 1 fully saturated rings. The lowest BCUT2D eigenvalue weighted by molar-refractivity contribution is 0.881. The Kier molecular flexibility index (Phi) is 2.69. The Balaban J connectivity index is 1.87. The lowest BCUT2D eigenvalue weighted by Crippen LogP contribution is -2.07. The Bertz CT molecular complexity index is 494. The van der Waals surface area contributed by atoms with Crippen LogP contribution in [0.25, 0.3) is 11.3 Å². The van der Waals surface area contributed by atoms with Crippen LogP contribution in [0, 0.1) is 5.92 Å². The van der Waals surface area contributed by atoms with Gasteiger partial charge in [0.1, 0.15) is 5.69 Å². The minimum atomic E-state index is 0.818. The van der Waals surface area contributed by atoms with E-state index in [0.717, 1.165) is 29.5 Å². The number of pyridine rings is 1. The van der Waals surface area contributed by atoms with Crippen LogP contribution in [0.5, 0.6) is 0 Å². The summed E-state index contributed by atoms with van der Waals surface area (Å²) in [5.74, 6) is 1.67. The predicted octanol–water partition coefficient (Wildman–Crippen LogP) is 2.36. The lowest BCUT2D eigenvalue weighted by Gasteiger charge is -2.08. The van der Waals surface area contributed by atoms with Gasteiger partial charge in [0.05, 0.1) is 0 Å². The van der Waals surface area contributed by atoms with Crippen molar-refractivity contribution >= 4 is 5.82 Å². The number of nitrogens with one attached hydrogen (secondary N) is 1. The monoisotopic (exact) mass is 226 g/mol. The predicted molar refractivity (Wildman–Crippen MR) is 66.5 cm³/mol. The second-order valence-corrected chi connectivity index (χ2v) is 4.32. The van der Waals surface area contributed by atoms with Gasteiger partial charge in [-0.25, -0.2) is 4.98 Å². The summed E-state index contributed by atoms with van der Waals surface area (Å²) in [6, 6.07) is 3.91. The molecule has 4 nitrogen and oxygen atoms in total. The molecule has 0 saturated heterocycles. The zero-order valence-electron chi connectivity index (χ0n) is 9.50. The summed E-state index contributed by atoms with van der Waals surface area (Å²) >= 11 is 0. The van der Waals surface area contributed by atoms with Crippen molar-refractivity contribution in [3.8, 4) is 11.3 Å². The van der Waals surface area contributed by atoms with E-state index in [1.165, 1.54) is 12.8 Å². The second kappa shape index (κ2) is 4.49. The molecule has 4 heteroatoms. The van der Waals surface area contributed by atoms with Gasteiger partial charge in [-0.05, 0) is 30.9 Å². The molecular formula is C13H14N4. The molecule has 1 saturated carbocycles. The number of aromatic nitrogens is 3. The Morgan fingerprint density at radius 2 is 2.06 bits per heavy atom. The number of rotatable bonds is 4. The minimum absolute atomic E-state index is 0.818. The van der Waals surface area contributed by atoms with Gasteiger partial charge in [0.2, 0.25) is 0 Å². The average Bonchev–Trinajstić information content (AvgIpc) is 3.22. The molecule has 1 N–H and O–H groups in total. The van der Waals surface area contributed by atoms with Crippen molar-refractivity contribution in [2.24, 2.45) is 5.92 Å². The van der Waals surface area contributed by atoms with E-state index in [9.17, 15) is 0 Å². The molecule has 17 heavy (non-hydrogen) atoms. The van der Waals surface area contributed by atoms with Crippen LogP contribution in [-0.4, -0.2) is 21.5 Å². The Hall–Kier alpha value is -1.97. The van der Waals surface area contributed by atoms with Crippen molar-refractivity contribution in [1.29, 1.82) is 0 Å². The number of nitrogens with zero attached hydrogens (tertiary/aromatic N) is 3. The van der Waals surface area contributed by atoms with Crippen LogP contribution in [0.15, 0.2) is 36.9 Å². The smallest absolute Gasteiger partial charge is 0.152 e. The van der Waals surface area contributed by atoms with Crippen molar-refractivity contribution in [2.45, 2.75) is 12.8 Å². The molecule has 3 rings (SSSR count). The average molecular weight is 226 g/mol. The molecule has 86 valence electrons. The number of anilines is 1. The molecule has 2 aromatic heterocycles. The molecule has 2 heterocycles. The van der Waals surface area contributed by atoms with Crippen LogP contribution in [0.1, 0.15) is 12.8 Å². The first-order valence-electron chi connectivity index (χ1n) is 5.89. The van der Waals surface area contributed by atoms with Gasteiger partial charge >= 0.3 is 0 Å². The molecule has 0 bridgehead atoms. The quantitative estimate of drug-likeness (QED) is 0.869. The fraction of sp³-hybridized carbons (Fsp3) is 0.308. The van der Waals surface area contributed by atoms with E-state index in [1.807, 2.05) is 18.3 Å². The highest BCUT2D eigenvalue weighted by molar-refractivity contribution is 5.70. The third kappa shape index (κ3) is 2.41. The van der Waals surface area contributed by atoms with Gasteiger partial charge in [0.25, 0.3) is 0 Å². The molecule has 0 radical (unpaired) electrons. The van der Waals surface area contributed by atoms with Crippen molar-refractivity contribution in [1.82, 2.24) is 15.0 Å². The molecule has 1 aliphatic carbocycles. The second-order valence-electron chi connectivity index (χ2n) is 4.32. The first-order valence-corrected chi connectivity index (χ1v) is 5.89. The number of hydrogen-bond acceptors (Lipinski definition) is 4. The van der Waals surface area contributed by atoms with Gasteiger partial charge in [0, 0.05) is 36.9 Å². The maximum Gasteiger partial charge on any atom is 0.152 e. The van der Waals surface area contributed by atoms with E-state index in [2.05, 4.69) is 20.3 Å². The first-order chi connectivity index (χ1) is 8.43. The van der Waals surface area contributed by atoms with Crippen LogP contribution in [-0.2, 0) is 0 Å². The summed E-state index contributed by atoms with van der Waals surface area (Å²) in [4.78, 5) is 12.8. The summed E-state index contributed by atoms with van der Waals surface area (Å²) in [5, 5.41) is 3.37. The van der Waals surface area contributed by atoms with E-state index in [4.69, 9.17) is 0 Å². The van der Waals surface area contributed by atoms with Crippen LogP contribution < -0.4 is 5.32 Å². The van der Waals surface area contributed by atoms with Gasteiger partial charge < -0.3 is 5.32 Å². The van der Waals surface area contributed by atoms with E-state index in [1.54, 1.807) is 18.6 Å². The summed E-state index contributed by atoms with van der Waals surface area (Å²) < 4.78 is 0. The molecule has 1 aliphatic rings. The third-order valence-corrected chi connectivity index (χ3v) is 2.89. The van der Waals surface area contributed by atoms with Crippen LogP contribution in [0.2, 0.25) is 0 Å². The van der Waals surface area contributed by atoms with E-state index >= 15 is 0 Å². The summed E-state index contributed by atoms with van der Waals surface area (Å²) in [6.45, 7) is 0.992. The highest BCUT2D eigenvalue weighted by Gasteiger charge is 2.21. The molecule has 2 aromatic rings. The van der Waals surface area contributed by atoms with Gasteiger partial charge in [-0.1, -0.05) is 0 Å². The normalized spacial score (nSPS) is 14.6. The summed E-state index contributed by atoms with van der Waals surface area (Å²) in [6.07, 6.45) is 9.66. The van der Waals surface area contributed by atoms with Gasteiger partial charge in [0.15, 0.2) is 5.82 Å². The van der Waals surface area contributed by atoms with Crippen LogP contribution in [0.4, 0.5) is 5.82 Å². The van der Waals surface area contributed by atoms with Crippen molar-refractivity contribution < 1.29 is 0 Å². The first kappa shape index (κ1) is 10.2. The number of hydrogen-bond donors (Lipinski definition) is 1. The molecule has 0 unspecified atom stereocenters. The zero-order valence-corrected chi connectivity index (χ0v) is 9.50. The fourth-order valence-corrected chi connectivity index (χ4v) is 1.74. The third-order valence-electron chi connectivity index (χ3n) is 2.89. The molecule has 0 aromatic carbocycles. The summed E-state index contributed by atoms with van der Waals surface area (Å²) in [7, 11) is 0. The van der Waals surface area contributed by atoms with Gasteiger partial charge in [-0.2, -0.15) is 0 Å². The fourth-order valence-electron chi connectivity index (χ4n) is 1.74. The van der Waals surface area contributed by atoms with Crippen molar-refractivity contribution in [3.05, 3.63) is 36.9 Å². The van der Waals surface area contributed by atoms with Crippen LogP contribution in [0.3, 0.4) is 0 Å². The molecule has 0 aliphatic heterocycles. The largest absolute Gasteiger partial charge is 0.368 e. The minimum Gasteiger partial charge on any atom is -0.368 e. The molecule has 0 amide bonds. The molecule has 0 atom stereocenters. The standard InChI is InChI=1S/C13H14N4/c1-2-11(9-14-5-1)12-13(16-7-6-15-12)17-8-10-3-4-10/h1-2,5-7,9-10H,3-4,8H2,(H,16,17). The van der Waals surface area contributed by atoms with Crippen molar-refractivity contribution in [3.63, 3.8) is 0 Å².